The Kier molecular flexibility index (Phi) is 4.15. The average molecular weight is 359 g/mol. The minimum Gasteiger partial charge on any atom is -0.350 e. The third-order valence-electron chi connectivity index (χ3n) is 4.11. The number of pyridine rings is 1. The quantitative estimate of drug-likeness (QED) is 0.434. The summed E-state index contributed by atoms with van der Waals surface area (Å²) >= 11 is 0. The van der Waals surface area contributed by atoms with E-state index in [9.17, 15) is 9.18 Å². The van der Waals surface area contributed by atoms with Crippen LogP contribution in [0.4, 0.5) is 15.8 Å². The van der Waals surface area contributed by atoms with Crippen LogP contribution in [0.25, 0.3) is 5.65 Å². The number of hydrogen-bond acceptors (Lipinski definition) is 4. The Morgan fingerprint density at radius 1 is 1.30 bits per heavy atom. The molecule has 0 saturated carbocycles. The lowest BCUT2D eigenvalue weighted by atomic mass is 10.1. The summed E-state index contributed by atoms with van der Waals surface area (Å²) in [5.74, 6) is 5.51. The molecule has 0 aliphatic carbocycles. The number of halogens is 1. The van der Waals surface area contributed by atoms with Crippen molar-refractivity contribution in [3.8, 4) is 11.8 Å². The number of benzene rings is 1. The lowest BCUT2D eigenvalue weighted by Gasteiger charge is -2.05. The van der Waals surface area contributed by atoms with E-state index in [1.165, 1.54) is 12.1 Å². The van der Waals surface area contributed by atoms with Crippen molar-refractivity contribution in [1.82, 2.24) is 19.6 Å². The first-order chi connectivity index (χ1) is 13.2. The number of carbonyl (C=O) groups excluding carboxylic acids is 1. The second-order valence-electron chi connectivity index (χ2n) is 5.93. The molecule has 4 rings (SSSR count). The van der Waals surface area contributed by atoms with E-state index in [-0.39, 0.29) is 5.56 Å². The zero-order valence-corrected chi connectivity index (χ0v) is 14.3. The number of nitrogens with zero attached hydrogens (tertiary/aromatic N) is 3. The Bertz CT molecular complexity index is 1200. The molecule has 3 heterocycles. The molecule has 0 saturated heterocycles. The molecule has 7 heteroatoms. The first kappa shape index (κ1) is 16.5. The summed E-state index contributed by atoms with van der Waals surface area (Å²) in [5, 5.41) is 9.89. The number of H-pyrrole nitrogens is 1. The summed E-state index contributed by atoms with van der Waals surface area (Å²) in [6.45, 7) is 1.75. The summed E-state index contributed by atoms with van der Waals surface area (Å²) in [4.78, 5) is 15.4. The molecule has 0 radical (unpaired) electrons. The lowest BCUT2D eigenvalue weighted by Crippen LogP contribution is -1.95. The topological polar surface area (TPSA) is 75.1 Å². The summed E-state index contributed by atoms with van der Waals surface area (Å²) < 4.78 is 15.5. The smallest absolute Gasteiger partial charge is 0.161 e. The van der Waals surface area contributed by atoms with Gasteiger partial charge < -0.3 is 5.32 Å². The number of anilines is 2. The largest absolute Gasteiger partial charge is 0.350 e. The van der Waals surface area contributed by atoms with Gasteiger partial charge in [-0.05, 0) is 42.7 Å². The van der Waals surface area contributed by atoms with E-state index in [0.29, 0.717) is 28.8 Å². The van der Waals surface area contributed by atoms with Crippen LogP contribution < -0.4 is 5.32 Å². The average Bonchev–Trinajstić information content (AvgIpc) is 3.31. The van der Waals surface area contributed by atoms with E-state index < -0.39 is 5.82 Å². The molecular formula is C20H14FN5O. The van der Waals surface area contributed by atoms with E-state index in [1.807, 2.05) is 22.7 Å². The molecule has 4 aromatic rings. The predicted octanol–water partition coefficient (Wildman–Crippen LogP) is 3.46. The predicted molar refractivity (Wildman–Crippen MR) is 99.6 cm³/mol. The Morgan fingerprint density at radius 3 is 2.96 bits per heavy atom. The van der Waals surface area contributed by atoms with Gasteiger partial charge in [0.1, 0.15) is 11.5 Å². The molecule has 132 valence electrons. The van der Waals surface area contributed by atoms with Crippen molar-refractivity contribution in [2.75, 3.05) is 5.32 Å². The number of rotatable bonds is 3. The van der Waals surface area contributed by atoms with Gasteiger partial charge in [-0.3, -0.25) is 14.3 Å². The second kappa shape index (κ2) is 6.77. The molecule has 0 bridgehead atoms. The highest BCUT2D eigenvalue weighted by atomic mass is 19.1. The molecule has 0 amide bonds. The normalized spacial score (nSPS) is 10.4. The van der Waals surface area contributed by atoms with E-state index in [4.69, 9.17) is 0 Å². The lowest BCUT2D eigenvalue weighted by molar-refractivity contribution is 0.112. The van der Waals surface area contributed by atoms with Gasteiger partial charge in [0.25, 0.3) is 0 Å². The summed E-state index contributed by atoms with van der Waals surface area (Å²) in [5.41, 5.74) is 4.29. The number of nitrogens with one attached hydrogen (secondary N) is 2. The SMILES string of the molecule is Cc1cc(F)c(C=O)cc1C#Cc1cnc2c(Nc3cn[nH]c3)cccn12. The van der Waals surface area contributed by atoms with Gasteiger partial charge in [-0.2, -0.15) is 5.10 Å². The van der Waals surface area contributed by atoms with Crippen LogP contribution >= 0.6 is 0 Å². The van der Waals surface area contributed by atoms with Crippen LogP contribution in [0.1, 0.15) is 27.2 Å². The van der Waals surface area contributed by atoms with Crippen LogP contribution in [0, 0.1) is 24.6 Å². The van der Waals surface area contributed by atoms with Gasteiger partial charge in [0.2, 0.25) is 0 Å². The van der Waals surface area contributed by atoms with Crippen LogP contribution in [-0.2, 0) is 0 Å². The highest BCUT2D eigenvalue weighted by Crippen LogP contribution is 2.21. The minimum atomic E-state index is -0.544. The molecule has 1 aromatic carbocycles. The molecule has 27 heavy (non-hydrogen) atoms. The van der Waals surface area contributed by atoms with Gasteiger partial charge in [-0.1, -0.05) is 5.92 Å². The summed E-state index contributed by atoms with van der Waals surface area (Å²) in [6.07, 6.45) is 7.44. The van der Waals surface area contributed by atoms with Crippen LogP contribution in [0.15, 0.2) is 49.1 Å². The zero-order chi connectivity index (χ0) is 18.8. The Morgan fingerprint density at radius 2 is 2.19 bits per heavy atom. The van der Waals surface area contributed by atoms with Crippen molar-refractivity contribution in [1.29, 1.82) is 0 Å². The van der Waals surface area contributed by atoms with Crippen molar-refractivity contribution < 1.29 is 9.18 Å². The third-order valence-corrected chi connectivity index (χ3v) is 4.11. The number of imidazole rings is 1. The molecule has 0 fully saturated rings. The standard InChI is InChI=1S/C20H14FN5O/c1-13-7-18(21)15(12-27)8-14(13)4-5-17-11-22-20-19(3-2-6-26(17)20)25-16-9-23-24-10-16/h2-3,6-12,25H,1H3,(H,23,24). The first-order valence-corrected chi connectivity index (χ1v) is 8.15. The fourth-order valence-electron chi connectivity index (χ4n) is 2.72. The van der Waals surface area contributed by atoms with Crippen molar-refractivity contribution >= 4 is 23.3 Å². The maximum Gasteiger partial charge on any atom is 0.161 e. The van der Waals surface area contributed by atoms with Gasteiger partial charge in [-0.25, -0.2) is 9.37 Å². The number of aryl methyl sites for hydroxylation is 1. The van der Waals surface area contributed by atoms with E-state index in [0.717, 1.165) is 11.4 Å². The van der Waals surface area contributed by atoms with Gasteiger partial charge in [0, 0.05) is 18.0 Å². The van der Waals surface area contributed by atoms with E-state index in [2.05, 4.69) is 32.3 Å². The monoisotopic (exact) mass is 359 g/mol. The highest BCUT2D eigenvalue weighted by Gasteiger charge is 2.08. The molecule has 2 N–H and O–H groups in total. The summed E-state index contributed by atoms with van der Waals surface area (Å²) in [7, 11) is 0. The number of fused-ring (bicyclic) bond motifs is 1. The Hall–Kier alpha value is -3.92. The minimum absolute atomic E-state index is 0.00496. The third kappa shape index (κ3) is 3.16. The number of carbonyl (C=O) groups is 1. The van der Waals surface area contributed by atoms with Crippen molar-refractivity contribution in [2.45, 2.75) is 6.92 Å². The van der Waals surface area contributed by atoms with Crippen LogP contribution in [0.2, 0.25) is 0 Å². The maximum absolute atomic E-state index is 13.6. The number of hydrogen-bond donors (Lipinski definition) is 2. The molecule has 6 nitrogen and oxygen atoms in total. The van der Waals surface area contributed by atoms with Crippen LogP contribution in [0.5, 0.6) is 0 Å². The van der Waals surface area contributed by atoms with E-state index >= 15 is 0 Å². The second-order valence-corrected chi connectivity index (χ2v) is 5.93. The zero-order valence-electron chi connectivity index (χ0n) is 14.3. The van der Waals surface area contributed by atoms with Crippen LogP contribution in [0.3, 0.4) is 0 Å². The fourth-order valence-corrected chi connectivity index (χ4v) is 2.72. The molecule has 3 aromatic heterocycles. The summed E-state index contributed by atoms with van der Waals surface area (Å²) in [6, 6.07) is 6.57. The molecule has 0 unspecified atom stereocenters. The number of aromatic nitrogens is 4. The van der Waals surface area contributed by atoms with Gasteiger partial charge in [0.15, 0.2) is 11.9 Å². The molecule has 0 spiro atoms. The Labute approximate surface area is 154 Å². The van der Waals surface area contributed by atoms with Gasteiger partial charge in [0.05, 0.1) is 29.3 Å². The Balaban J connectivity index is 1.73. The van der Waals surface area contributed by atoms with Crippen LogP contribution in [-0.4, -0.2) is 25.9 Å². The number of aldehydes is 1. The molecule has 0 aliphatic heterocycles. The first-order valence-electron chi connectivity index (χ1n) is 8.15. The van der Waals surface area contributed by atoms with Crippen molar-refractivity contribution in [2.24, 2.45) is 0 Å². The van der Waals surface area contributed by atoms with Gasteiger partial charge in [-0.15, -0.1) is 0 Å². The molecule has 0 atom stereocenters. The molecular weight excluding hydrogens is 345 g/mol. The van der Waals surface area contributed by atoms with Crippen molar-refractivity contribution in [3.05, 3.63) is 77.3 Å². The maximum atomic E-state index is 13.6. The molecule has 0 aliphatic rings. The fraction of sp³-hybridized carbons (Fsp3) is 0.0500. The number of aromatic amines is 1. The highest BCUT2D eigenvalue weighted by molar-refractivity contribution is 5.77. The van der Waals surface area contributed by atoms with E-state index in [1.54, 1.807) is 25.5 Å². The van der Waals surface area contributed by atoms with Gasteiger partial charge >= 0.3 is 0 Å². The van der Waals surface area contributed by atoms with Crippen molar-refractivity contribution in [3.63, 3.8) is 0 Å².